The Morgan fingerprint density at radius 1 is 1.29 bits per heavy atom. The summed E-state index contributed by atoms with van der Waals surface area (Å²) in [6, 6.07) is 2.58. The van der Waals surface area contributed by atoms with E-state index in [-0.39, 0.29) is 17.0 Å². The Hall–Kier alpha value is -0.490. The predicted molar refractivity (Wildman–Crippen MR) is 69.5 cm³/mol. The minimum absolute atomic E-state index is 0.198. The van der Waals surface area contributed by atoms with E-state index < -0.39 is 11.7 Å². The smallest absolute Gasteiger partial charge is 0.398 e. The summed E-state index contributed by atoms with van der Waals surface area (Å²) >= 11 is 2.80. The van der Waals surface area contributed by atoms with Gasteiger partial charge in [-0.3, -0.25) is 0 Å². The molecule has 0 bridgehead atoms. The molecule has 0 saturated carbocycles. The predicted octanol–water partition coefficient (Wildman–Crippen LogP) is 4.26. The van der Waals surface area contributed by atoms with Crippen molar-refractivity contribution >= 4 is 29.2 Å². The fourth-order valence-electron chi connectivity index (χ4n) is 1.49. The van der Waals surface area contributed by atoms with Crippen LogP contribution in [-0.2, 0) is 11.9 Å². The summed E-state index contributed by atoms with van der Waals surface area (Å²) in [5.41, 5.74) is 5.66. The van der Waals surface area contributed by atoms with E-state index in [1.54, 1.807) is 6.26 Å². The molecular formula is C11H14F3NS2. The van der Waals surface area contributed by atoms with Crippen LogP contribution >= 0.6 is 23.5 Å². The highest BCUT2D eigenvalue weighted by molar-refractivity contribution is 7.99. The lowest BCUT2D eigenvalue weighted by molar-refractivity contribution is -0.138. The molecule has 2 N–H and O–H groups in total. The van der Waals surface area contributed by atoms with Gasteiger partial charge < -0.3 is 5.73 Å². The van der Waals surface area contributed by atoms with Gasteiger partial charge in [0.1, 0.15) is 0 Å². The number of benzene rings is 1. The first-order chi connectivity index (χ1) is 7.91. The highest BCUT2D eigenvalue weighted by atomic mass is 32.2. The van der Waals surface area contributed by atoms with Crippen molar-refractivity contribution < 1.29 is 13.2 Å². The quantitative estimate of drug-likeness (QED) is 0.659. The zero-order chi connectivity index (χ0) is 13.1. The van der Waals surface area contributed by atoms with Crippen molar-refractivity contribution in [1.29, 1.82) is 0 Å². The van der Waals surface area contributed by atoms with Gasteiger partial charge in [0.2, 0.25) is 0 Å². The van der Waals surface area contributed by atoms with Crippen LogP contribution in [0.2, 0.25) is 0 Å². The summed E-state index contributed by atoms with van der Waals surface area (Å²) in [5.74, 6) is 1.06. The molecule has 1 aromatic rings. The second-order valence-corrected chi connectivity index (χ2v) is 5.54. The van der Waals surface area contributed by atoms with Crippen molar-refractivity contribution in [3.05, 3.63) is 23.3 Å². The van der Waals surface area contributed by atoms with Gasteiger partial charge in [0.05, 0.1) is 5.56 Å². The van der Waals surface area contributed by atoms with E-state index >= 15 is 0 Å². The number of nitrogens with two attached hydrogens (primary N) is 1. The van der Waals surface area contributed by atoms with Gasteiger partial charge in [-0.25, -0.2) is 0 Å². The molecule has 0 aliphatic rings. The van der Waals surface area contributed by atoms with Crippen LogP contribution in [-0.4, -0.2) is 12.0 Å². The Labute approximate surface area is 107 Å². The van der Waals surface area contributed by atoms with Crippen molar-refractivity contribution in [2.24, 2.45) is 0 Å². The number of thioether (sulfide) groups is 2. The minimum Gasteiger partial charge on any atom is -0.398 e. The Kier molecular flexibility index (Phi) is 5.06. The molecule has 0 heterocycles. The summed E-state index contributed by atoms with van der Waals surface area (Å²) in [6.45, 7) is 1.94. The Balaban J connectivity index is 3.29. The third-order valence-corrected chi connectivity index (χ3v) is 3.74. The van der Waals surface area contributed by atoms with Gasteiger partial charge in [-0.15, -0.1) is 11.8 Å². The lowest BCUT2D eigenvalue weighted by Gasteiger charge is -2.16. The Morgan fingerprint density at radius 2 is 1.94 bits per heavy atom. The van der Waals surface area contributed by atoms with Gasteiger partial charge in [0.15, 0.2) is 0 Å². The van der Waals surface area contributed by atoms with Crippen molar-refractivity contribution in [1.82, 2.24) is 0 Å². The molecule has 0 amide bonds. The van der Waals surface area contributed by atoms with E-state index in [0.717, 1.165) is 16.7 Å². The van der Waals surface area contributed by atoms with E-state index in [0.29, 0.717) is 0 Å². The van der Waals surface area contributed by atoms with Crippen LogP contribution in [0.25, 0.3) is 0 Å². The van der Waals surface area contributed by atoms with Crippen molar-refractivity contribution in [3.63, 3.8) is 0 Å². The van der Waals surface area contributed by atoms with E-state index in [9.17, 15) is 13.2 Å². The lowest BCUT2D eigenvalue weighted by Crippen LogP contribution is -2.11. The summed E-state index contributed by atoms with van der Waals surface area (Å²) in [6.07, 6.45) is -2.58. The number of rotatable bonds is 4. The molecule has 17 heavy (non-hydrogen) atoms. The summed E-state index contributed by atoms with van der Waals surface area (Å²) in [5, 5.41) is 0. The van der Waals surface area contributed by atoms with Crippen molar-refractivity contribution in [3.8, 4) is 0 Å². The van der Waals surface area contributed by atoms with Gasteiger partial charge in [-0.2, -0.15) is 24.9 Å². The maximum Gasteiger partial charge on any atom is 0.416 e. The van der Waals surface area contributed by atoms with E-state index in [1.165, 1.54) is 29.6 Å². The average molecular weight is 281 g/mol. The van der Waals surface area contributed by atoms with Gasteiger partial charge in [-0.05, 0) is 29.7 Å². The molecule has 0 radical (unpaired) electrons. The molecular weight excluding hydrogens is 267 g/mol. The average Bonchev–Trinajstić information content (AvgIpc) is 2.22. The molecule has 0 unspecified atom stereocenters. The van der Waals surface area contributed by atoms with Crippen LogP contribution in [0.5, 0.6) is 0 Å². The van der Waals surface area contributed by atoms with Gasteiger partial charge in [0.25, 0.3) is 0 Å². The zero-order valence-corrected chi connectivity index (χ0v) is 11.2. The van der Waals surface area contributed by atoms with Crippen LogP contribution in [0, 0.1) is 0 Å². The first-order valence-corrected chi connectivity index (χ1v) is 7.40. The van der Waals surface area contributed by atoms with Crippen LogP contribution < -0.4 is 5.73 Å². The first-order valence-electron chi connectivity index (χ1n) is 5.02. The second kappa shape index (κ2) is 5.91. The lowest BCUT2D eigenvalue weighted by atomic mass is 10.1. The van der Waals surface area contributed by atoms with Crippen LogP contribution in [0.4, 0.5) is 18.9 Å². The first kappa shape index (κ1) is 14.6. The molecule has 1 aromatic carbocycles. The highest BCUT2D eigenvalue weighted by Gasteiger charge is 2.34. The maximum atomic E-state index is 12.8. The molecule has 0 fully saturated rings. The molecule has 0 aliphatic heterocycles. The molecule has 0 saturated heterocycles. The van der Waals surface area contributed by atoms with E-state index in [1.807, 2.05) is 6.92 Å². The summed E-state index contributed by atoms with van der Waals surface area (Å²) in [4.78, 5) is 0.726. The standard InChI is InChI=1S/C11H14F3NS2/c1-3-17-9-5-4-8(11(12,13)14)7(6-16-2)10(9)15/h4-5H,3,6,15H2,1-2H3. The summed E-state index contributed by atoms with van der Waals surface area (Å²) < 4.78 is 38.4. The second-order valence-electron chi connectivity index (χ2n) is 3.37. The number of anilines is 1. The van der Waals surface area contributed by atoms with Crippen molar-refractivity contribution in [2.75, 3.05) is 17.7 Å². The van der Waals surface area contributed by atoms with Crippen LogP contribution in [0.1, 0.15) is 18.1 Å². The molecule has 1 rings (SSSR count). The maximum absolute atomic E-state index is 12.8. The Bertz CT molecular complexity index is 391. The molecule has 0 aromatic heterocycles. The summed E-state index contributed by atoms with van der Waals surface area (Å²) in [7, 11) is 0. The fourth-order valence-corrected chi connectivity index (χ4v) is 2.84. The molecule has 1 nitrogen and oxygen atoms in total. The molecule has 0 atom stereocenters. The number of hydrogen-bond donors (Lipinski definition) is 1. The van der Waals surface area contributed by atoms with Crippen molar-refractivity contribution in [2.45, 2.75) is 23.7 Å². The largest absolute Gasteiger partial charge is 0.416 e. The Morgan fingerprint density at radius 3 is 2.41 bits per heavy atom. The fraction of sp³-hybridized carbons (Fsp3) is 0.455. The van der Waals surface area contributed by atoms with Crippen LogP contribution in [0.3, 0.4) is 0 Å². The van der Waals surface area contributed by atoms with E-state index in [2.05, 4.69) is 0 Å². The minimum atomic E-state index is -4.34. The highest BCUT2D eigenvalue weighted by Crippen LogP contribution is 2.39. The topological polar surface area (TPSA) is 26.0 Å². The number of hydrogen-bond acceptors (Lipinski definition) is 3. The zero-order valence-electron chi connectivity index (χ0n) is 9.60. The molecule has 0 spiro atoms. The van der Waals surface area contributed by atoms with Crippen LogP contribution in [0.15, 0.2) is 17.0 Å². The SMILES string of the molecule is CCSc1ccc(C(F)(F)F)c(CSC)c1N. The number of halogens is 3. The number of alkyl halides is 3. The third-order valence-electron chi connectivity index (χ3n) is 2.21. The molecule has 96 valence electrons. The van der Waals surface area contributed by atoms with Gasteiger partial charge in [0, 0.05) is 16.3 Å². The van der Waals surface area contributed by atoms with E-state index in [4.69, 9.17) is 5.73 Å². The monoisotopic (exact) mass is 281 g/mol. The van der Waals surface area contributed by atoms with Gasteiger partial charge >= 0.3 is 6.18 Å². The molecule has 6 heteroatoms. The number of nitrogen functional groups attached to an aromatic ring is 1. The van der Waals surface area contributed by atoms with Gasteiger partial charge in [-0.1, -0.05) is 6.92 Å². The third kappa shape index (κ3) is 3.48. The molecule has 0 aliphatic carbocycles. The normalized spacial score (nSPS) is 11.8.